The lowest BCUT2D eigenvalue weighted by Gasteiger charge is -2.19. The fourth-order valence-corrected chi connectivity index (χ4v) is 2.48. The van der Waals surface area contributed by atoms with Gasteiger partial charge in [0.05, 0.1) is 12.6 Å². The summed E-state index contributed by atoms with van der Waals surface area (Å²) < 4.78 is 5.79. The maximum Gasteiger partial charge on any atom is 0.244 e. The van der Waals surface area contributed by atoms with Gasteiger partial charge in [0.2, 0.25) is 5.91 Å². The number of allylic oxidation sites excluding steroid dienone is 1. The van der Waals surface area contributed by atoms with Crippen molar-refractivity contribution in [2.45, 2.75) is 45.6 Å². The molecule has 3 heteroatoms. The molecule has 1 aliphatic rings. The molecule has 0 spiro atoms. The monoisotopic (exact) mass is 273 g/mol. The SMILES string of the molecule is C/C=C/C(=O)NC1CCCOc2ccc(C(C)C)cc21. The largest absolute Gasteiger partial charge is 0.493 e. The summed E-state index contributed by atoms with van der Waals surface area (Å²) >= 11 is 0. The summed E-state index contributed by atoms with van der Waals surface area (Å²) in [5, 5.41) is 3.08. The number of carbonyl (C=O) groups is 1. The first kappa shape index (κ1) is 14.6. The molecular weight excluding hydrogens is 250 g/mol. The summed E-state index contributed by atoms with van der Waals surface area (Å²) in [5.74, 6) is 1.33. The second-order valence-corrected chi connectivity index (χ2v) is 5.50. The Hall–Kier alpha value is -1.77. The highest BCUT2D eigenvalue weighted by atomic mass is 16.5. The van der Waals surface area contributed by atoms with Crippen molar-refractivity contribution in [3.05, 3.63) is 41.5 Å². The highest BCUT2D eigenvalue weighted by Crippen LogP contribution is 2.33. The van der Waals surface area contributed by atoms with Crippen LogP contribution in [0.2, 0.25) is 0 Å². The molecule has 0 aliphatic carbocycles. The summed E-state index contributed by atoms with van der Waals surface area (Å²) in [4.78, 5) is 11.8. The van der Waals surface area contributed by atoms with Gasteiger partial charge in [0, 0.05) is 5.56 Å². The van der Waals surface area contributed by atoms with Gasteiger partial charge in [-0.2, -0.15) is 0 Å². The normalized spacial score (nSPS) is 18.5. The van der Waals surface area contributed by atoms with Crippen molar-refractivity contribution in [2.75, 3.05) is 6.61 Å². The fourth-order valence-electron chi connectivity index (χ4n) is 2.48. The second-order valence-electron chi connectivity index (χ2n) is 5.50. The molecule has 0 bridgehead atoms. The molecule has 1 unspecified atom stereocenters. The highest BCUT2D eigenvalue weighted by molar-refractivity contribution is 5.87. The van der Waals surface area contributed by atoms with Gasteiger partial charge < -0.3 is 10.1 Å². The summed E-state index contributed by atoms with van der Waals surface area (Å²) in [6.07, 6.45) is 5.19. The van der Waals surface area contributed by atoms with E-state index in [4.69, 9.17) is 4.74 Å². The van der Waals surface area contributed by atoms with Crippen LogP contribution in [0.25, 0.3) is 0 Å². The number of hydrogen-bond acceptors (Lipinski definition) is 2. The third-order valence-electron chi connectivity index (χ3n) is 3.61. The molecule has 108 valence electrons. The van der Waals surface area contributed by atoms with Gasteiger partial charge in [-0.05, 0) is 49.5 Å². The van der Waals surface area contributed by atoms with Crippen molar-refractivity contribution >= 4 is 5.91 Å². The molecular formula is C17H23NO2. The molecule has 1 N–H and O–H groups in total. The molecule has 0 radical (unpaired) electrons. The Morgan fingerprint density at radius 1 is 1.45 bits per heavy atom. The van der Waals surface area contributed by atoms with Crippen molar-refractivity contribution in [2.24, 2.45) is 0 Å². The van der Waals surface area contributed by atoms with Gasteiger partial charge in [-0.25, -0.2) is 0 Å². The average molecular weight is 273 g/mol. The lowest BCUT2D eigenvalue weighted by Crippen LogP contribution is -2.26. The topological polar surface area (TPSA) is 38.3 Å². The number of rotatable bonds is 3. The van der Waals surface area contributed by atoms with Gasteiger partial charge in [0.15, 0.2) is 0 Å². The van der Waals surface area contributed by atoms with Crippen molar-refractivity contribution in [3.8, 4) is 5.75 Å². The van der Waals surface area contributed by atoms with E-state index in [2.05, 4.69) is 31.3 Å². The molecule has 1 aromatic carbocycles. The third kappa shape index (κ3) is 3.41. The Kier molecular flexibility index (Phi) is 4.83. The van der Waals surface area contributed by atoms with Crippen LogP contribution in [0.1, 0.15) is 56.7 Å². The number of amides is 1. The lowest BCUT2D eigenvalue weighted by molar-refractivity contribution is -0.117. The molecule has 2 rings (SSSR count). The molecule has 1 aliphatic heterocycles. The minimum Gasteiger partial charge on any atom is -0.493 e. The van der Waals surface area contributed by atoms with E-state index in [9.17, 15) is 4.79 Å². The fraction of sp³-hybridized carbons (Fsp3) is 0.471. The zero-order chi connectivity index (χ0) is 14.5. The Morgan fingerprint density at radius 3 is 2.95 bits per heavy atom. The maximum atomic E-state index is 11.8. The number of nitrogens with one attached hydrogen (secondary N) is 1. The van der Waals surface area contributed by atoms with E-state index in [0.717, 1.165) is 24.2 Å². The van der Waals surface area contributed by atoms with Crippen molar-refractivity contribution in [1.82, 2.24) is 5.32 Å². The van der Waals surface area contributed by atoms with Crippen molar-refractivity contribution in [3.63, 3.8) is 0 Å². The second kappa shape index (κ2) is 6.60. The summed E-state index contributed by atoms with van der Waals surface area (Å²) in [7, 11) is 0. The minimum atomic E-state index is -0.0414. The predicted octanol–water partition coefficient (Wildman–Crippen LogP) is 3.72. The summed E-state index contributed by atoms with van der Waals surface area (Å²) in [5.41, 5.74) is 2.38. The van der Waals surface area contributed by atoms with Crippen LogP contribution in [0.5, 0.6) is 5.75 Å². The van der Waals surface area contributed by atoms with Crippen LogP contribution in [0.4, 0.5) is 0 Å². The van der Waals surface area contributed by atoms with E-state index in [1.165, 1.54) is 5.56 Å². The highest BCUT2D eigenvalue weighted by Gasteiger charge is 2.21. The van der Waals surface area contributed by atoms with Crippen LogP contribution < -0.4 is 10.1 Å². The van der Waals surface area contributed by atoms with Crippen molar-refractivity contribution in [1.29, 1.82) is 0 Å². The van der Waals surface area contributed by atoms with E-state index >= 15 is 0 Å². The number of ether oxygens (including phenoxy) is 1. The van der Waals surface area contributed by atoms with Gasteiger partial charge in [-0.3, -0.25) is 4.79 Å². The Bertz CT molecular complexity index is 506. The van der Waals surface area contributed by atoms with Gasteiger partial charge >= 0.3 is 0 Å². The van der Waals surface area contributed by atoms with Crippen LogP contribution in [-0.2, 0) is 4.79 Å². The first-order valence-electron chi connectivity index (χ1n) is 7.31. The van der Waals surface area contributed by atoms with Crippen LogP contribution in [0, 0.1) is 0 Å². The van der Waals surface area contributed by atoms with E-state index in [1.807, 2.05) is 13.0 Å². The van der Waals surface area contributed by atoms with Crippen LogP contribution in [-0.4, -0.2) is 12.5 Å². The Morgan fingerprint density at radius 2 is 2.25 bits per heavy atom. The molecule has 3 nitrogen and oxygen atoms in total. The quantitative estimate of drug-likeness (QED) is 0.852. The Balaban J connectivity index is 2.31. The third-order valence-corrected chi connectivity index (χ3v) is 3.61. The molecule has 1 amide bonds. The van der Waals surface area contributed by atoms with E-state index in [-0.39, 0.29) is 11.9 Å². The predicted molar refractivity (Wildman–Crippen MR) is 81.0 cm³/mol. The molecule has 20 heavy (non-hydrogen) atoms. The van der Waals surface area contributed by atoms with Crippen molar-refractivity contribution < 1.29 is 9.53 Å². The van der Waals surface area contributed by atoms with Gasteiger partial charge in [0.1, 0.15) is 5.75 Å². The number of hydrogen-bond donors (Lipinski definition) is 1. The van der Waals surface area contributed by atoms with E-state index in [1.54, 1.807) is 12.2 Å². The average Bonchev–Trinajstić information content (AvgIpc) is 2.61. The smallest absolute Gasteiger partial charge is 0.244 e. The first-order valence-corrected chi connectivity index (χ1v) is 7.31. The maximum absolute atomic E-state index is 11.8. The van der Waals surface area contributed by atoms with Gasteiger partial charge in [-0.1, -0.05) is 26.0 Å². The first-order chi connectivity index (χ1) is 9.61. The zero-order valence-electron chi connectivity index (χ0n) is 12.5. The van der Waals surface area contributed by atoms with Gasteiger partial charge in [-0.15, -0.1) is 0 Å². The number of carbonyl (C=O) groups excluding carboxylic acids is 1. The molecule has 0 saturated carbocycles. The minimum absolute atomic E-state index is 0.0369. The lowest BCUT2D eigenvalue weighted by atomic mass is 9.95. The van der Waals surface area contributed by atoms with Crippen LogP contribution >= 0.6 is 0 Å². The molecule has 0 aromatic heterocycles. The van der Waals surface area contributed by atoms with Crippen LogP contribution in [0.15, 0.2) is 30.4 Å². The molecule has 1 heterocycles. The molecule has 0 fully saturated rings. The molecule has 1 atom stereocenters. The van der Waals surface area contributed by atoms with E-state index in [0.29, 0.717) is 12.5 Å². The molecule has 1 aromatic rings. The van der Waals surface area contributed by atoms with Crippen LogP contribution in [0.3, 0.4) is 0 Å². The zero-order valence-corrected chi connectivity index (χ0v) is 12.5. The molecule has 0 saturated heterocycles. The van der Waals surface area contributed by atoms with E-state index < -0.39 is 0 Å². The standard InChI is InChI=1S/C17H23NO2/c1-4-6-17(19)18-15-7-5-10-20-16-9-8-13(12(2)3)11-14(15)16/h4,6,8-9,11-12,15H,5,7,10H2,1-3H3,(H,18,19)/b6-4+. The number of fused-ring (bicyclic) bond motifs is 1. The number of benzene rings is 1. The summed E-state index contributed by atoms with van der Waals surface area (Å²) in [6.45, 7) is 6.91. The Labute approximate surface area is 121 Å². The van der Waals surface area contributed by atoms with Gasteiger partial charge in [0.25, 0.3) is 0 Å². The summed E-state index contributed by atoms with van der Waals surface area (Å²) in [6, 6.07) is 6.35.